The van der Waals surface area contributed by atoms with Crippen LogP contribution in [0.1, 0.15) is 33.6 Å². The van der Waals surface area contributed by atoms with Crippen molar-refractivity contribution >= 4 is 17.5 Å². The minimum Gasteiger partial charge on any atom is -0.457 e. The number of likely N-dealkylation sites (tertiary alicyclic amines) is 1. The quantitative estimate of drug-likeness (QED) is 0.674. The predicted octanol–water partition coefficient (Wildman–Crippen LogP) is 4.97. The first-order valence-electron chi connectivity index (χ1n) is 9.73. The molecule has 0 aromatic heterocycles. The molecule has 146 valence electrons. The zero-order valence-electron chi connectivity index (χ0n) is 16.0. The molecule has 0 spiro atoms. The second kappa shape index (κ2) is 8.61. The largest absolute Gasteiger partial charge is 0.457 e. The summed E-state index contributed by atoms with van der Waals surface area (Å²) in [5.74, 6) is 0.847. The molecule has 0 saturated carbocycles. The van der Waals surface area contributed by atoms with Crippen molar-refractivity contribution in [2.75, 3.05) is 18.4 Å². The van der Waals surface area contributed by atoms with Gasteiger partial charge in [0.1, 0.15) is 11.5 Å². The molecule has 0 radical (unpaired) electrons. The molecule has 0 atom stereocenters. The first-order valence-corrected chi connectivity index (χ1v) is 9.73. The van der Waals surface area contributed by atoms with Crippen LogP contribution in [-0.4, -0.2) is 29.8 Å². The number of nitrogens with zero attached hydrogens (tertiary/aromatic N) is 1. The summed E-state index contributed by atoms with van der Waals surface area (Å²) in [6.07, 6.45) is 2.08. The Kier molecular flexibility index (Phi) is 5.56. The first kappa shape index (κ1) is 18.7. The maximum Gasteiger partial charge on any atom is 0.259 e. The molecule has 0 aliphatic carbocycles. The Hall–Kier alpha value is -3.60. The number of carbonyl (C=O) groups is 2. The van der Waals surface area contributed by atoms with Crippen molar-refractivity contribution in [3.63, 3.8) is 0 Å². The molecule has 1 saturated heterocycles. The Morgan fingerprint density at radius 2 is 1.55 bits per heavy atom. The number of para-hydroxylation sites is 2. The lowest BCUT2D eigenvalue weighted by atomic mass is 10.1. The zero-order valence-corrected chi connectivity index (χ0v) is 16.0. The fourth-order valence-electron chi connectivity index (χ4n) is 3.39. The molecule has 0 unspecified atom stereocenters. The van der Waals surface area contributed by atoms with Crippen LogP contribution in [0.25, 0.3) is 0 Å². The molecule has 3 aromatic rings. The number of benzene rings is 3. The van der Waals surface area contributed by atoms with E-state index < -0.39 is 0 Å². The zero-order chi connectivity index (χ0) is 20.1. The Morgan fingerprint density at radius 3 is 2.34 bits per heavy atom. The van der Waals surface area contributed by atoms with Crippen molar-refractivity contribution in [1.29, 1.82) is 0 Å². The van der Waals surface area contributed by atoms with Gasteiger partial charge in [-0.3, -0.25) is 9.59 Å². The van der Waals surface area contributed by atoms with Gasteiger partial charge in [0.15, 0.2) is 0 Å². The van der Waals surface area contributed by atoms with E-state index in [0.29, 0.717) is 28.3 Å². The van der Waals surface area contributed by atoms with Gasteiger partial charge in [-0.25, -0.2) is 0 Å². The summed E-state index contributed by atoms with van der Waals surface area (Å²) >= 11 is 0. The Bertz CT molecular complexity index is 1010. The molecular formula is C24H22N2O3. The third-order valence-electron chi connectivity index (χ3n) is 4.86. The van der Waals surface area contributed by atoms with Crippen LogP contribution >= 0.6 is 0 Å². The maximum atomic E-state index is 12.9. The predicted molar refractivity (Wildman–Crippen MR) is 112 cm³/mol. The number of carbonyl (C=O) groups excluding carboxylic acids is 2. The highest BCUT2D eigenvalue weighted by Crippen LogP contribution is 2.26. The van der Waals surface area contributed by atoms with Crippen molar-refractivity contribution in [2.24, 2.45) is 0 Å². The fraction of sp³-hybridized carbons (Fsp3) is 0.167. The van der Waals surface area contributed by atoms with Crippen molar-refractivity contribution in [1.82, 2.24) is 4.90 Å². The van der Waals surface area contributed by atoms with Crippen molar-refractivity contribution in [3.8, 4) is 11.5 Å². The van der Waals surface area contributed by atoms with Gasteiger partial charge in [-0.1, -0.05) is 36.4 Å². The van der Waals surface area contributed by atoms with E-state index >= 15 is 0 Å². The molecule has 1 N–H and O–H groups in total. The van der Waals surface area contributed by atoms with E-state index in [-0.39, 0.29) is 11.8 Å². The van der Waals surface area contributed by atoms with E-state index in [1.807, 2.05) is 41.3 Å². The van der Waals surface area contributed by atoms with E-state index in [0.717, 1.165) is 25.9 Å². The van der Waals surface area contributed by atoms with Crippen LogP contribution < -0.4 is 10.1 Å². The second-order valence-corrected chi connectivity index (χ2v) is 6.95. The van der Waals surface area contributed by atoms with Gasteiger partial charge in [0.05, 0.1) is 5.56 Å². The molecule has 0 bridgehead atoms. The van der Waals surface area contributed by atoms with Crippen LogP contribution in [0.5, 0.6) is 11.5 Å². The lowest BCUT2D eigenvalue weighted by Gasteiger charge is -2.16. The highest BCUT2D eigenvalue weighted by molar-refractivity contribution is 6.07. The van der Waals surface area contributed by atoms with Gasteiger partial charge in [0.25, 0.3) is 11.8 Å². The number of nitrogens with one attached hydrogen (secondary N) is 1. The molecule has 4 rings (SSSR count). The standard InChI is InChI=1S/C24H22N2O3/c27-23(21-13-4-5-14-22(21)29-20-11-2-1-3-12-20)25-19-10-8-9-18(17-19)24(28)26-15-6-7-16-26/h1-5,8-14,17H,6-7,15-16H2,(H,25,27). The summed E-state index contributed by atoms with van der Waals surface area (Å²) in [7, 11) is 0. The number of amides is 2. The molecular weight excluding hydrogens is 364 g/mol. The minimum absolute atomic E-state index is 0.00594. The van der Waals surface area contributed by atoms with Gasteiger partial charge in [-0.2, -0.15) is 0 Å². The molecule has 1 fully saturated rings. The van der Waals surface area contributed by atoms with Gasteiger partial charge in [0, 0.05) is 24.3 Å². The summed E-state index contributed by atoms with van der Waals surface area (Å²) < 4.78 is 5.88. The van der Waals surface area contributed by atoms with Gasteiger partial charge in [0.2, 0.25) is 0 Å². The lowest BCUT2D eigenvalue weighted by molar-refractivity contribution is 0.0792. The monoisotopic (exact) mass is 386 g/mol. The van der Waals surface area contributed by atoms with E-state index in [1.165, 1.54) is 0 Å². The number of hydrogen-bond acceptors (Lipinski definition) is 3. The maximum absolute atomic E-state index is 12.9. The van der Waals surface area contributed by atoms with Crippen LogP contribution in [0, 0.1) is 0 Å². The molecule has 5 nitrogen and oxygen atoms in total. The SMILES string of the molecule is O=C(Nc1cccc(C(=O)N2CCCC2)c1)c1ccccc1Oc1ccccc1. The van der Waals surface area contributed by atoms with Crippen LogP contribution in [-0.2, 0) is 0 Å². The minimum atomic E-state index is -0.290. The topological polar surface area (TPSA) is 58.6 Å². The molecule has 29 heavy (non-hydrogen) atoms. The van der Waals surface area contributed by atoms with Crippen LogP contribution in [0.4, 0.5) is 5.69 Å². The van der Waals surface area contributed by atoms with Gasteiger partial charge >= 0.3 is 0 Å². The third kappa shape index (κ3) is 4.46. The fourth-order valence-corrected chi connectivity index (χ4v) is 3.39. The Balaban J connectivity index is 1.51. The van der Waals surface area contributed by atoms with Crippen LogP contribution in [0.2, 0.25) is 0 Å². The normalized spacial score (nSPS) is 13.2. The van der Waals surface area contributed by atoms with Crippen LogP contribution in [0.3, 0.4) is 0 Å². The number of anilines is 1. The Morgan fingerprint density at radius 1 is 0.828 bits per heavy atom. The molecule has 2 amide bonds. The van der Waals surface area contributed by atoms with Gasteiger partial charge in [-0.05, 0) is 55.3 Å². The summed E-state index contributed by atoms with van der Waals surface area (Å²) in [5.41, 5.74) is 1.58. The second-order valence-electron chi connectivity index (χ2n) is 6.95. The summed E-state index contributed by atoms with van der Waals surface area (Å²) in [6, 6.07) is 23.5. The molecule has 1 aliphatic heterocycles. The summed E-state index contributed by atoms with van der Waals surface area (Å²) in [6.45, 7) is 1.58. The molecule has 5 heteroatoms. The van der Waals surface area contributed by atoms with Crippen LogP contribution in [0.15, 0.2) is 78.9 Å². The van der Waals surface area contributed by atoms with E-state index in [1.54, 1.807) is 42.5 Å². The van der Waals surface area contributed by atoms with Crippen molar-refractivity contribution < 1.29 is 14.3 Å². The molecule has 1 aliphatic rings. The van der Waals surface area contributed by atoms with E-state index in [4.69, 9.17) is 4.74 Å². The van der Waals surface area contributed by atoms with E-state index in [9.17, 15) is 9.59 Å². The van der Waals surface area contributed by atoms with Crippen molar-refractivity contribution in [2.45, 2.75) is 12.8 Å². The van der Waals surface area contributed by atoms with E-state index in [2.05, 4.69) is 5.32 Å². The highest BCUT2D eigenvalue weighted by atomic mass is 16.5. The smallest absolute Gasteiger partial charge is 0.259 e. The van der Waals surface area contributed by atoms with Gasteiger partial charge in [-0.15, -0.1) is 0 Å². The summed E-state index contributed by atoms with van der Waals surface area (Å²) in [5, 5.41) is 2.88. The Labute approximate surface area is 169 Å². The number of rotatable bonds is 5. The average molecular weight is 386 g/mol. The van der Waals surface area contributed by atoms with Gasteiger partial charge < -0.3 is 15.0 Å². The summed E-state index contributed by atoms with van der Waals surface area (Å²) in [4.78, 5) is 27.3. The average Bonchev–Trinajstić information content (AvgIpc) is 3.29. The lowest BCUT2D eigenvalue weighted by Crippen LogP contribution is -2.27. The number of ether oxygens (including phenoxy) is 1. The molecule has 1 heterocycles. The highest BCUT2D eigenvalue weighted by Gasteiger charge is 2.20. The number of hydrogen-bond donors (Lipinski definition) is 1. The third-order valence-corrected chi connectivity index (χ3v) is 4.86. The first-order chi connectivity index (χ1) is 14.2. The molecule has 3 aromatic carbocycles. The van der Waals surface area contributed by atoms with Crippen molar-refractivity contribution in [3.05, 3.63) is 90.0 Å².